The Hall–Kier alpha value is -2.16. The second kappa shape index (κ2) is 6.95. The molecule has 2 N–H and O–H groups in total. The standard InChI is InChI=1S/C14H22N6O3/c21-13(22)12(11-1-2-11)17-14(23)19-6-3-18(4-7-19)5-8-20-10-15-9-16-20/h9-12H,1-8H2,(H,17,23)(H,21,22)/t12-/m0/s1. The van der Waals surface area contributed by atoms with Crippen LogP contribution in [0.15, 0.2) is 12.7 Å². The quantitative estimate of drug-likeness (QED) is 0.730. The first-order valence-electron chi connectivity index (χ1n) is 7.96. The van der Waals surface area contributed by atoms with E-state index in [0.717, 1.165) is 39.0 Å². The fourth-order valence-corrected chi connectivity index (χ4v) is 2.80. The summed E-state index contributed by atoms with van der Waals surface area (Å²) in [4.78, 5) is 31.3. The van der Waals surface area contributed by atoms with E-state index < -0.39 is 12.0 Å². The minimum atomic E-state index is -0.938. The van der Waals surface area contributed by atoms with Crippen LogP contribution in [0.5, 0.6) is 0 Å². The Morgan fingerprint density at radius 3 is 2.52 bits per heavy atom. The molecule has 23 heavy (non-hydrogen) atoms. The highest BCUT2D eigenvalue weighted by molar-refractivity contribution is 5.83. The smallest absolute Gasteiger partial charge is 0.326 e. The molecule has 9 nitrogen and oxygen atoms in total. The summed E-state index contributed by atoms with van der Waals surface area (Å²) >= 11 is 0. The van der Waals surface area contributed by atoms with E-state index in [-0.39, 0.29) is 11.9 Å². The molecule has 0 spiro atoms. The van der Waals surface area contributed by atoms with Crippen molar-refractivity contribution in [2.75, 3.05) is 32.7 Å². The predicted octanol–water partition coefficient (Wildman–Crippen LogP) is -0.531. The molecule has 1 saturated carbocycles. The lowest BCUT2D eigenvalue weighted by Crippen LogP contribution is -2.55. The van der Waals surface area contributed by atoms with Crippen molar-refractivity contribution in [3.05, 3.63) is 12.7 Å². The third-order valence-corrected chi connectivity index (χ3v) is 4.41. The van der Waals surface area contributed by atoms with E-state index >= 15 is 0 Å². The number of aromatic nitrogens is 3. The highest BCUT2D eigenvalue weighted by atomic mass is 16.4. The first-order valence-corrected chi connectivity index (χ1v) is 7.96. The van der Waals surface area contributed by atoms with Crippen LogP contribution in [-0.2, 0) is 11.3 Å². The molecule has 1 saturated heterocycles. The van der Waals surface area contributed by atoms with Gasteiger partial charge in [0.25, 0.3) is 0 Å². The summed E-state index contributed by atoms with van der Waals surface area (Å²) in [6.07, 6.45) is 4.97. The average Bonchev–Trinajstić information content (AvgIpc) is 3.25. The summed E-state index contributed by atoms with van der Waals surface area (Å²) in [6, 6.07) is -1.01. The number of nitrogens with zero attached hydrogens (tertiary/aromatic N) is 5. The number of aliphatic carboxylic acids is 1. The van der Waals surface area contributed by atoms with E-state index in [4.69, 9.17) is 0 Å². The predicted molar refractivity (Wildman–Crippen MR) is 80.7 cm³/mol. The highest BCUT2D eigenvalue weighted by Crippen LogP contribution is 2.32. The summed E-state index contributed by atoms with van der Waals surface area (Å²) in [7, 11) is 0. The van der Waals surface area contributed by atoms with Crippen molar-refractivity contribution in [3.63, 3.8) is 0 Å². The Balaban J connectivity index is 1.41. The van der Waals surface area contributed by atoms with E-state index in [0.29, 0.717) is 13.1 Å². The van der Waals surface area contributed by atoms with Gasteiger partial charge in [0, 0.05) is 32.7 Å². The van der Waals surface area contributed by atoms with Crippen molar-refractivity contribution >= 4 is 12.0 Å². The van der Waals surface area contributed by atoms with Crippen LogP contribution >= 0.6 is 0 Å². The Bertz CT molecular complexity index is 537. The molecule has 2 amide bonds. The Labute approximate surface area is 134 Å². The molecule has 1 aliphatic heterocycles. The zero-order valence-corrected chi connectivity index (χ0v) is 13.0. The van der Waals surface area contributed by atoms with Gasteiger partial charge in [0.05, 0.1) is 6.54 Å². The van der Waals surface area contributed by atoms with Crippen LogP contribution in [0.2, 0.25) is 0 Å². The lowest BCUT2D eigenvalue weighted by atomic mass is 10.2. The summed E-state index contributed by atoms with van der Waals surface area (Å²) in [6.45, 7) is 4.42. The first kappa shape index (κ1) is 15.7. The topological polar surface area (TPSA) is 104 Å². The molecule has 1 atom stereocenters. The second-order valence-corrected chi connectivity index (χ2v) is 6.09. The van der Waals surface area contributed by atoms with Crippen molar-refractivity contribution in [1.82, 2.24) is 29.9 Å². The number of hydrogen-bond donors (Lipinski definition) is 2. The molecule has 0 unspecified atom stereocenters. The maximum atomic E-state index is 12.2. The van der Waals surface area contributed by atoms with Crippen LogP contribution in [0.4, 0.5) is 4.79 Å². The average molecular weight is 322 g/mol. The van der Waals surface area contributed by atoms with Gasteiger partial charge in [-0.3, -0.25) is 9.58 Å². The number of carbonyl (C=O) groups excluding carboxylic acids is 1. The molecule has 0 bridgehead atoms. The molecule has 1 aromatic heterocycles. The van der Waals surface area contributed by atoms with Crippen LogP contribution < -0.4 is 5.32 Å². The second-order valence-electron chi connectivity index (χ2n) is 6.09. The number of amides is 2. The number of urea groups is 1. The van der Waals surface area contributed by atoms with Crippen LogP contribution in [0.1, 0.15) is 12.8 Å². The largest absolute Gasteiger partial charge is 0.480 e. The molecular formula is C14H22N6O3. The zero-order valence-electron chi connectivity index (χ0n) is 13.0. The molecular weight excluding hydrogens is 300 g/mol. The zero-order chi connectivity index (χ0) is 16.2. The van der Waals surface area contributed by atoms with Crippen molar-refractivity contribution in [2.24, 2.45) is 5.92 Å². The van der Waals surface area contributed by atoms with Gasteiger partial charge in [0.15, 0.2) is 0 Å². The molecule has 2 fully saturated rings. The fourth-order valence-electron chi connectivity index (χ4n) is 2.80. The van der Waals surface area contributed by atoms with Crippen molar-refractivity contribution in [2.45, 2.75) is 25.4 Å². The number of rotatable bonds is 6. The van der Waals surface area contributed by atoms with Gasteiger partial charge in [-0.2, -0.15) is 5.10 Å². The van der Waals surface area contributed by atoms with Gasteiger partial charge in [0.2, 0.25) is 0 Å². The molecule has 0 radical (unpaired) electrons. The molecule has 1 aliphatic carbocycles. The van der Waals surface area contributed by atoms with E-state index in [1.165, 1.54) is 6.33 Å². The molecule has 2 aliphatic rings. The third kappa shape index (κ3) is 4.19. The summed E-state index contributed by atoms with van der Waals surface area (Å²) in [5, 5.41) is 15.9. The van der Waals surface area contributed by atoms with Gasteiger partial charge in [-0.05, 0) is 18.8 Å². The number of carboxylic acids is 1. The van der Waals surface area contributed by atoms with Crippen molar-refractivity contribution in [3.8, 4) is 0 Å². The van der Waals surface area contributed by atoms with Crippen molar-refractivity contribution < 1.29 is 14.7 Å². The Morgan fingerprint density at radius 2 is 1.96 bits per heavy atom. The van der Waals surface area contributed by atoms with Gasteiger partial charge in [-0.15, -0.1) is 0 Å². The molecule has 0 aromatic carbocycles. The summed E-state index contributed by atoms with van der Waals surface area (Å²) < 4.78 is 1.78. The van der Waals surface area contributed by atoms with Gasteiger partial charge >= 0.3 is 12.0 Å². The number of piperazine rings is 1. The summed E-state index contributed by atoms with van der Waals surface area (Å²) in [5.41, 5.74) is 0. The molecule has 126 valence electrons. The van der Waals surface area contributed by atoms with Crippen LogP contribution in [0.25, 0.3) is 0 Å². The fraction of sp³-hybridized carbons (Fsp3) is 0.714. The van der Waals surface area contributed by atoms with Crippen LogP contribution in [0, 0.1) is 5.92 Å². The van der Waals surface area contributed by atoms with Crippen LogP contribution in [0.3, 0.4) is 0 Å². The Morgan fingerprint density at radius 1 is 1.22 bits per heavy atom. The van der Waals surface area contributed by atoms with Gasteiger partial charge in [0.1, 0.15) is 18.7 Å². The summed E-state index contributed by atoms with van der Waals surface area (Å²) in [5.74, 6) is -0.840. The minimum Gasteiger partial charge on any atom is -0.480 e. The lowest BCUT2D eigenvalue weighted by molar-refractivity contribution is -0.139. The first-order chi connectivity index (χ1) is 11.1. The SMILES string of the molecule is O=C(O)[C@@H](NC(=O)N1CCN(CCn2cncn2)CC1)C1CC1. The van der Waals surface area contributed by atoms with Gasteiger partial charge in [-0.25, -0.2) is 14.6 Å². The molecule has 3 rings (SSSR count). The maximum absolute atomic E-state index is 12.2. The normalized spacial score (nSPS) is 20.3. The highest BCUT2D eigenvalue weighted by Gasteiger charge is 2.38. The molecule has 2 heterocycles. The monoisotopic (exact) mass is 322 g/mol. The van der Waals surface area contributed by atoms with E-state index in [1.54, 1.807) is 15.9 Å². The minimum absolute atomic E-state index is 0.0976. The number of hydrogen-bond acceptors (Lipinski definition) is 5. The van der Waals surface area contributed by atoms with E-state index in [9.17, 15) is 14.7 Å². The number of carboxylic acid groups (broad SMARTS) is 1. The number of carbonyl (C=O) groups is 2. The maximum Gasteiger partial charge on any atom is 0.326 e. The number of nitrogens with one attached hydrogen (secondary N) is 1. The van der Waals surface area contributed by atoms with Crippen LogP contribution in [-0.4, -0.2) is 80.4 Å². The lowest BCUT2D eigenvalue weighted by Gasteiger charge is -2.35. The molecule has 9 heteroatoms. The third-order valence-electron chi connectivity index (χ3n) is 4.41. The van der Waals surface area contributed by atoms with E-state index in [1.807, 2.05) is 0 Å². The van der Waals surface area contributed by atoms with E-state index in [2.05, 4.69) is 20.3 Å². The van der Waals surface area contributed by atoms with Gasteiger partial charge < -0.3 is 15.3 Å². The molecule has 1 aromatic rings. The van der Waals surface area contributed by atoms with Crippen molar-refractivity contribution in [1.29, 1.82) is 0 Å². The Kier molecular flexibility index (Phi) is 4.75. The van der Waals surface area contributed by atoms with Gasteiger partial charge in [-0.1, -0.05) is 0 Å².